The molecule has 1 N–H and O–H groups in total. The Labute approximate surface area is 171 Å². The molecule has 152 valence electrons. The maximum absolute atomic E-state index is 12.7. The summed E-state index contributed by atoms with van der Waals surface area (Å²) < 4.78 is 39.6. The number of alkyl halides is 3. The maximum atomic E-state index is 12.7. The topological polar surface area (TPSA) is 76.9 Å². The van der Waals surface area contributed by atoms with Crippen molar-refractivity contribution in [3.8, 4) is 0 Å². The van der Waals surface area contributed by atoms with Crippen LogP contribution in [-0.2, 0) is 17.5 Å². The molecule has 0 aliphatic rings. The van der Waals surface area contributed by atoms with Gasteiger partial charge in [-0.3, -0.25) is 9.59 Å². The Morgan fingerprint density at radius 1 is 1.21 bits per heavy atom. The van der Waals surface area contributed by atoms with Crippen molar-refractivity contribution in [1.29, 1.82) is 0 Å². The Morgan fingerprint density at radius 2 is 1.93 bits per heavy atom. The number of rotatable bonds is 4. The number of halogens is 4. The van der Waals surface area contributed by atoms with E-state index in [2.05, 4.69) is 31.3 Å². The van der Waals surface area contributed by atoms with Crippen LogP contribution in [0.25, 0.3) is 10.8 Å². The van der Waals surface area contributed by atoms with Crippen molar-refractivity contribution in [2.24, 2.45) is 0 Å². The number of nitrogens with zero attached hydrogens (tertiary/aromatic N) is 3. The van der Waals surface area contributed by atoms with E-state index in [1.807, 2.05) is 13.8 Å². The predicted octanol–water partition coefficient (Wildman–Crippen LogP) is 4.33. The van der Waals surface area contributed by atoms with Gasteiger partial charge in [-0.2, -0.15) is 18.3 Å². The highest BCUT2D eigenvalue weighted by Crippen LogP contribution is 2.28. The minimum atomic E-state index is -4.56. The van der Waals surface area contributed by atoms with E-state index in [1.165, 1.54) is 0 Å². The molecule has 0 radical (unpaired) electrons. The summed E-state index contributed by atoms with van der Waals surface area (Å²) in [7, 11) is 0. The van der Waals surface area contributed by atoms with Crippen LogP contribution in [0.15, 0.2) is 45.8 Å². The first-order chi connectivity index (χ1) is 13.6. The van der Waals surface area contributed by atoms with E-state index in [4.69, 9.17) is 0 Å². The van der Waals surface area contributed by atoms with Gasteiger partial charge in [-0.25, -0.2) is 9.67 Å². The minimum Gasteiger partial charge on any atom is -0.323 e. The number of nitrogens with one attached hydrogen (secondary N) is 1. The molecule has 29 heavy (non-hydrogen) atoms. The number of anilines is 1. The second kappa shape index (κ2) is 7.94. The van der Waals surface area contributed by atoms with E-state index < -0.39 is 23.3 Å². The average Bonchev–Trinajstić information content (AvgIpc) is 2.63. The molecule has 2 heterocycles. The molecule has 2 aromatic heterocycles. The first-order valence-corrected chi connectivity index (χ1v) is 9.39. The van der Waals surface area contributed by atoms with Crippen LogP contribution in [0.2, 0.25) is 0 Å². The van der Waals surface area contributed by atoms with Crippen molar-refractivity contribution in [3.63, 3.8) is 0 Å². The third kappa shape index (κ3) is 4.64. The third-order valence-corrected chi connectivity index (χ3v) is 4.62. The van der Waals surface area contributed by atoms with Crippen LogP contribution in [0.3, 0.4) is 0 Å². The largest absolute Gasteiger partial charge is 0.433 e. The van der Waals surface area contributed by atoms with Crippen molar-refractivity contribution >= 4 is 38.3 Å². The number of hydrogen-bond donors (Lipinski definition) is 1. The second-order valence-corrected chi connectivity index (χ2v) is 7.59. The minimum absolute atomic E-state index is 0.000763. The molecule has 0 aliphatic heterocycles. The summed E-state index contributed by atoms with van der Waals surface area (Å²) in [5.41, 5.74) is -0.747. The molecule has 0 unspecified atom stereocenters. The summed E-state index contributed by atoms with van der Waals surface area (Å²) in [5.74, 6) is -0.604. The molecule has 0 fully saturated rings. The number of benzene rings is 1. The molecule has 1 amide bonds. The summed E-state index contributed by atoms with van der Waals surface area (Å²) in [5, 5.41) is 7.88. The van der Waals surface area contributed by atoms with E-state index >= 15 is 0 Å². The molecular weight excluding hydrogens is 453 g/mol. The Kier molecular flexibility index (Phi) is 5.74. The quantitative estimate of drug-likeness (QED) is 0.617. The summed E-state index contributed by atoms with van der Waals surface area (Å²) in [6, 6.07) is 7.05. The highest BCUT2D eigenvalue weighted by Gasteiger charge is 2.32. The molecule has 6 nitrogen and oxygen atoms in total. The highest BCUT2D eigenvalue weighted by molar-refractivity contribution is 9.10. The van der Waals surface area contributed by atoms with Crippen LogP contribution in [0, 0.1) is 0 Å². The SMILES string of the molecule is CC(C)c1nn(CC(=O)Nc2ccc(C(F)(F)F)nc2)c(=O)c2ccc(Br)cc12. The lowest BCUT2D eigenvalue weighted by atomic mass is 10.0. The summed E-state index contributed by atoms with van der Waals surface area (Å²) in [4.78, 5) is 28.3. The molecule has 3 aromatic rings. The first kappa shape index (κ1) is 21.0. The fourth-order valence-corrected chi connectivity index (χ4v) is 3.15. The average molecular weight is 469 g/mol. The van der Waals surface area contributed by atoms with Crippen LogP contribution >= 0.6 is 15.9 Å². The number of carbonyl (C=O) groups excluding carboxylic acids is 1. The van der Waals surface area contributed by atoms with E-state index in [0.717, 1.165) is 27.5 Å². The summed E-state index contributed by atoms with van der Waals surface area (Å²) in [6.45, 7) is 3.46. The Bertz CT molecular complexity index is 1130. The van der Waals surface area contributed by atoms with E-state index in [-0.39, 0.29) is 18.2 Å². The van der Waals surface area contributed by atoms with Gasteiger partial charge in [0.05, 0.1) is 23.0 Å². The molecular formula is C19H16BrF3N4O2. The fourth-order valence-electron chi connectivity index (χ4n) is 2.79. The lowest BCUT2D eigenvalue weighted by Gasteiger charge is -2.13. The Balaban J connectivity index is 1.88. The van der Waals surface area contributed by atoms with Crippen LogP contribution < -0.4 is 10.9 Å². The van der Waals surface area contributed by atoms with Gasteiger partial charge >= 0.3 is 6.18 Å². The molecule has 0 saturated heterocycles. The molecule has 10 heteroatoms. The molecule has 0 bridgehead atoms. The number of carbonyl (C=O) groups is 1. The third-order valence-electron chi connectivity index (χ3n) is 4.13. The van der Waals surface area contributed by atoms with E-state index in [1.54, 1.807) is 18.2 Å². The first-order valence-electron chi connectivity index (χ1n) is 8.59. The van der Waals surface area contributed by atoms with Gasteiger partial charge in [0, 0.05) is 9.86 Å². The van der Waals surface area contributed by atoms with Crippen LogP contribution in [0.4, 0.5) is 18.9 Å². The summed E-state index contributed by atoms with van der Waals surface area (Å²) in [6.07, 6.45) is -3.65. The van der Waals surface area contributed by atoms with Crippen LogP contribution in [0.1, 0.15) is 31.2 Å². The molecule has 3 rings (SSSR count). The highest BCUT2D eigenvalue weighted by atomic mass is 79.9. The van der Waals surface area contributed by atoms with Crippen molar-refractivity contribution in [2.75, 3.05) is 5.32 Å². The Morgan fingerprint density at radius 3 is 2.52 bits per heavy atom. The summed E-state index contributed by atoms with van der Waals surface area (Å²) >= 11 is 3.38. The van der Waals surface area contributed by atoms with E-state index in [9.17, 15) is 22.8 Å². The van der Waals surface area contributed by atoms with Crippen molar-refractivity contribution < 1.29 is 18.0 Å². The van der Waals surface area contributed by atoms with Gasteiger partial charge in [0.2, 0.25) is 5.91 Å². The van der Waals surface area contributed by atoms with E-state index in [0.29, 0.717) is 16.5 Å². The van der Waals surface area contributed by atoms with Gasteiger partial charge in [0.25, 0.3) is 5.56 Å². The van der Waals surface area contributed by atoms with Crippen molar-refractivity contribution in [2.45, 2.75) is 32.5 Å². The van der Waals surface area contributed by atoms with Gasteiger partial charge in [0.15, 0.2) is 0 Å². The van der Waals surface area contributed by atoms with Gasteiger partial charge in [0.1, 0.15) is 12.2 Å². The number of aromatic nitrogens is 3. The van der Waals surface area contributed by atoms with Crippen LogP contribution in [-0.4, -0.2) is 20.7 Å². The van der Waals surface area contributed by atoms with Gasteiger partial charge in [-0.1, -0.05) is 29.8 Å². The van der Waals surface area contributed by atoms with Gasteiger partial charge < -0.3 is 5.32 Å². The molecule has 0 saturated carbocycles. The maximum Gasteiger partial charge on any atom is 0.433 e. The zero-order valence-electron chi connectivity index (χ0n) is 15.4. The van der Waals surface area contributed by atoms with Crippen molar-refractivity contribution in [1.82, 2.24) is 14.8 Å². The second-order valence-electron chi connectivity index (χ2n) is 6.67. The standard InChI is InChI=1S/C19H16BrF3N4O2/c1-10(2)17-14-7-11(20)3-5-13(14)18(29)27(26-17)9-16(28)25-12-4-6-15(24-8-12)19(21,22)23/h3-8,10H,9H2,1-2H3,(H,25,28). The normalized spacial score (nSPS) is 11.8. The monoisotopic (exact) mass is 468 g/mol. The fraction of sp³-hybridized carbons (Fsp3) is 0.263. The molecule has 0 spiro atoms. The van der Waals surface area contributed by atoms with Crippen LogP contribution in [0.5, 0.6) is 0 Å². The smallest absolute Gasteiger partial charge is 0.323 e. The van der Waals surface area contributed by atoms with Gasteiger partial charge in [-0.15, -0.1) is 0 Å². The zero-order chi connectivity index (χ0) is 21.3. The van der Waals surface area contributed by atoms with Gasteiger partial charge in [-0.05, 0) is 36.2 Å². The van der Waals surface area contributed by atoms with Crippen molar-refractivity contribution in [3.05, 3.63) is 62.7 Å². The number of hydrogen-bond acceptors (Lipinski definition) is 4. The molecule has 0 atom stereocenters. The predicted molar refractivity (Wildman–Crippen MR) is 106 cm³/mol. The molecule has 1 aromatic carbocycles. The molecule has 0 aliphatic carbocycles. The lowest BCUT2D eigenvalue weighted by Crippen LogP contribution is -2.31. The zero-order valence-corrected chi connectivity index (χ0v) is 17.0. The number of pyridine rings is 1. The number of amides is 1. The Hall–Kier alpha value is -2.75. The lowest BCUT2D eigenvalue weighted by molar-refractivity contribution is -0.141. The number of fused-ring (bicyclic) bond motifs is 1.